The Bertz CT molecular complexity index is 1090. The van der Waals surface area contributed by atoms with Crippen LogP contribution in [0.1, 0.15) is 42.9 Å². The molecule has 1 saturated heterocycles. The van der Waals surface area contributed by atoms with Crippen molar-refractivity contribution in [1.82, 2.24) is 10.2 Å². The number of nitrogens with one attached hydrogen (secondary N) is 1. The van der Waals surface area contributed by atoms with E-state index >= 15 is 0 Å². The third-order valence-electron chi connectivity index (χ3n) is 6.60. The Balaban J connectivity index is 1.51. The van der Waals surface area contributed by atoms with Crippen LogP contribution in [0.3, 0.4) is 0 Å². The van der Waals surface area contributed by atoms with E-state index in [0.717, 1.165) is 31.5 Å². The lowest BCUT2D eigenvalue weighted by molar-refractivity contribution is -0.128. The molecule has 182 valence electrons. The maximum absolute atomic E-state index is 13.2. The second-order valence-electron chi connectivity index (χ2n) is 9.16. The maximum atomic E-state index is 13.2. The number of benzene rings is 3. The second-order valence-corrected chi connectivity index (χ2v) is 9.56. The average molecular weight is 489 g/mol. The van der Waals surface area contributed by atoms with Gasteiger partial charge in [0.15, 0.2) is 0 Å². The summed E-state index contributed by atoms with van der Waals surface area (Å²) in [4.78, 5) is 15.4. The highest BCUT2D eigenvalue weighted by molar-refractivity contribution is 6.31. The molecule has 0 aliphatic carbocycles. The predicted octanol–water partition coefficient (Wildman–Crippen LogP) is 5.69. The van der Waals surface area contributed by atoms with E-state index in [9.17, 15) is 9.90 Å². The highest BCUT2D eigenvalue weighted by Crippen LogP contribution is 2.33. The van der Waals surface area contributed by atoms with Gasteiger partial charge in [0.2, 0.25) is 5.91 Å². The molecule has 3 aromatic carbocycles. The van der Waals surface area contributed by atoms with Crippen LogP contribution in [0.5, 0.6) is 0 Å². The number of hydrogen-bond acceptors (Lipinski definition) is 3. The summed E-state index contributed by atoms with van der Waals surface area (Å²) in [5.41, 5.74) is 6.03. The summed E-state index contributed by atoms with van der Waals surface area (Å²) in [6.45, 7) is 3.66. The zero-order valence-corrected chi connectivity index (χ0v) is 20.9. The Morgan fingerprint density at radius 3 is 2.00 bits per heavy atom. The monoisotopic (exact) mass is 488 g/mol. The number of amides is 1. The van der Waals surface area contributed by atoms with Gasteiger partial charge in [-0.1, -0.05) is 96.0 Å². The van der Waals surface area contributed by atoms with E-state index < -0.39 is 6.10 Å². The van der Waals surface area contributed by atoms with E-state index in [0.29, 0.717) is 18.0 Å². The topological polar surface area (TPSA) is 52.6 Å². The van der Waals surface area contributed by atoms with Crippen LogP contribution in [0.25, 0.3) is 5.57 Å². The van der Waals surface area contributed by atoms with Gasteiger partial charge in [-0.3, -0.25) is 9.69 Å². The van der Waals surface area contributed by atoms with Gasteiger partial charge in [-0.25, -0.2) is 0 Å². The normalized spacial score (nSPS) is 15.9. The molecule has 0 unspecified atom stereocenters. The first-order valence-corrected chi connectivity index (χ1v) is 12.7. The maximum Gasteiger partial charge on any atom is 0.237 e. The molecule has 0 spiro atoms. The van der Waals surface area contributed by atoms with Crippen LogP contribution in [0.2, 0.25) is 5.02 Å². The van der Waals surface area contributed by atoms with Crippen molar-refractivity contribution in [2.45, 2.75) is 44.9 Å². The molecular formula is C30H33ClN2O2. The number of halogens is 1. The number of rotatable bonds is 8. The first-order valence-electron chi connectivity index (χ1n) is 12.3. The van der Waals surface area contributed by atoms with Crippen LogP contribution < -0.4 is 5.32 Å². The standard InChI is InChI=1S/C30H33ClN2O2/c1-22(34)20-28(30(35)32-21-26-14-8-9-15-27(26)31)33-18-16-25(17-19-33)29(23-10-4-2-5-11-23)24-12-6-3-7-13-24/h2-15,22,28,34H,16-21H2,1H3,(H,32,35)/t22-,28+/m0/s1. The van der Waals surface area contributed by atoms with Crippen molar-refractivity contribution in [3.63, 3.8) is 0 Å². The van der Waals surface area contributed by atoms with Crippen LogP contribution in [-0.4, -0.2) is 41.1 Å². The van der Waals surface area contributed by atoms with E-state index in [2.05, 4.69) is 58.7 Å². The summed E-state index contributed by atoms with van der Waals surface area (Å²) >= 11 is 6.26. The molecule has 2 atom stereocenters. The van der Waals surface area contributed by atoms with Gasteiger partial charge in [-0.15, -0.1) is 0 Å². The van der Waals surface area contributed by atoms with Crippen LogP contribution >= 0.6 is 11.6 Å². The summed E-state index contributed by atoms with van der Waals surface area (Å²) in [5.74, 6) is -0.0652. The molecule has 0 saturated carbocycles. The van der Waals surface area contributed by atoms with Gasteiger partial charge in [0.05, 0.1) is 12.1 Å². The summed E-state index contributed by atoms with van der Waals surface area (Å²) in [5, 5.41) is 13.8. The van der Waals surface area contributed by atoms with Crippen molar-refractivity contribution >= 4 is 23.1 Å². The van der Waals surface area contributed by atoms with Gasteiger partial charge in [0.25, 0.3) is 0 Å². The van der Waals surface area contributed by atoms with Gasteiger partial charge >= 0.3 is 0 Å². The minimum absolute atomic E-state index is 0.0652. The Kier molecular flexibility index (Phi) is 8.75. The fourth-order valence-electron chi connectivity index (χ4n) is 4.83. The van der Waals surface area contributed by atoms with Crippen molar-refractivity contribution in [2.24, 2.45) is 0 Å². The van der Waals surface area contributed by atoms with Crippen molar-refractivity contribution in [2.75, 3.05) is 13.1 Å². The average Bonchev–Trinajstić information content (AvgIpc) is 2.88. The Hall–Kier alpha value is -2.92. The van der Waals surface area contributed by atoms with E-state index in [4.69, 9.17) is 11.6 Å². The summed E-state index contributed by atoms with van der Waals surface area (Å²) < 4.78 is 0. The van der Waals surface area contributed by atoms with E-state index in [1.807, 2.05) is 36.4 Å². The summed E-state index contributed by atoms with van der Waals surface area (Å²) in [6.07, 6.45) is 1.60. The zero-order chi connectivity index (χ0) is 24.6. The highest BCUT2D eigenvalue weighted by Gasteiger charge is 2.30. The molecule has 1 amide bonds. The number of aliphatic hydroxyl groups is 1. The third-order valence-corrected chi connectivity index (χ3v) is 6.97. The number of nitrogens with zero attached hydrogens (tertiary/aromatic N) is 1. The molecule has 1 aliphatic heterocycles. The van der Waals surface area contributed by atoms with Crippen LogP contribution in [-0.2, 0) is 11.3 Å². The summed E-state index contributed by atoms with van der Waals surface area (Å²) in [7, 11) is 0. The first-order chi connectivity index (χ1) is 17.0. The molecule has 1 aliphatic rings. The number of aliphatic hydroxyl groups excluding tert-OH is 1. The molecule has 3 aromatic rings. The third kappa shape index (κ3) is 6.61. The molecule has 1 fully saturated rings. The van der Waals surface area contributed by atoms with Crippen molar-refractivity contribution in [3.05, 3.63) is 112 Å². The van der Waals surface area contributed by atoms with Crippen molar-refractivity contribution in [3.8, 4) is 0 Å². The molecule has 35 heavy (non-hydrogen) atoms. The number of carbonyl (C=O) groups excluding carboxylic acids is 1. The molecule has 4 rings (SSSR count). The van der Waals surface area contributed by atoms with Gasteiger partial charge in [-0.2, -0.15) is 0 Å². The van der Waals surface area contributed by atoms with E-state index in [1.165, 1.54) is 22.3 Å². The lowest BCUT2D eigenvalue weighted by Crippen LogP contribution is -2.50. The number of carbonyl (C=O) groups is 1. The molecule has 0 radical (unpaired) electrons. The Morgan fingerprint density at radius 1 is 0.914 bits per heavy atom. The molecule has 0 bridgehead atoms. The van der Waals surface area contributed by atoms with E-state index in [1.54, 1.807) is 6.92 Å². The van der Waals surface area contributed by atoms with Gasteiger partial charge in [0.1, 0.15) is 0 Å². The summed E-state index contributed by atoms with van der Waals surface area (Å²) in [6, 6.07) is 28.2. The molecule has 4 nitrogen and oxygen atoms in total. The molecule has 0 aromatic heterocycles. The quantitative estimate of drug-likeness (QED) is 0.428. The predicted molar refractivity (Wildman–Crippen MR) is 143 cm³/mol. The number of likely N-dealkylation sites (tertiary alicyclic amines) is 1. The lowest BCUT2D eigenvalue weighted by atomic mass is 9.88. The minimum Gasteiger partial charge on any atom is -0.393 e. The SMILES string of the molecule is C[C@H](O)C[C@H](C(=O)NCc1ccccc1Cl)N1CCC(=C(c2ccccc2)c2ccccc2)CC1. The highest BCUT2D eigenvalue weighted by atomic mass is 35.5. The molecule has 5 heteroatoms. The van der Waals surface area contributed by atoms with E-state index in [-0.39, 0.29) is 11.9 Å². The molecular weight excluding hydrogens is 456 g/mol. The minimum atomic E-state index is -0.563. The Labute approximate surface area is 213 Å². The number of hydrogen-bond donors (Lipinski definition) is 2. The van der Waals surface area contributed by atoms with Crippen molar-refractivity contribution < 1.29 is 9.90 Å². The Morgan fingerprint density at radius 2 is 1.46 bits per heavy atom. The molecule has 2 N–H and O–H groups in total. The van der Waals surface area contributed by atoms with Crippen LogP contribution in [0.4, 0.5) is 0 Å². The second kappa shape index (κ2) is 12.2. The van der Waals surface area contributed by atoms with Gasteiger partial charge < -0.3 is 10.4 Å². The fraction of sp³-hybridized carbons (Fsp3) is 0.300. The van der Waals surface area contributed by atoms with Gasteiger partial charge in [-0.05, 0) is 54.5 Å². The van der Waals surface area contributed by atoms with Crippen LogP contribution in [0, 0.1) is 0 Å². The smallest absolute Gasteiger partial charge is 0.237 e. The number of piperidine rings is 1. The largest absolute Gasteiger partial charge is 0.393 e. The van der Waals surface area contributed by atoms with Crippen LogP contribution in [0.15, 0.2) is 90.5 Å². The molecule has 1 heterocycles. The zero-order valence-electron chi connectivity index (χ0n) is 20.2. The fourth-order valence-corrected chi connectivity index (χ4v) is 5.03. The first kappa shape index (κ1) is 25.2. The van der Waals surface area contributed by atoms with Gasteiger partial charge in [0, 0.05) is 24.7 Å². The van der Waals surface area contributed by atoms with Crippen molar-refractivity contribution in [1.29, 1.82) is 0 Å². The lowest BCUT2D eigenvalue weighted by Gasteiger charge is -2.36.